The van der Waals surface area contributed by atoms with Gasteiger partial charge in [-0.15, -0.1) is 0 Å². The van der Waals surface area contributed by atoms with E-state index in [9.17, 15) is 9.59 Å². The van der Waals surface area contributed by atoms with E-state index in [0.717, 1.165) is 16.7 Å². The second kappa shape index (κ2) is 10.1. The third-order valence-corrected chi connectivity index (χ3v) is 6.30. The van der Waals surface area contributed by atoms with Gasteiger partial charge in [0.05, 0.1) is 18.5 Å². The first-order chi connectivity index (χ1) is 17.1. The number of nitrogens with zero attached hydrogens (tertiary/aromatic N) is 4. The molecule has 0 radical (unpaired) electrons. The lowest BCUT2D eigenvalue weighted by Crippen LogP contribution is -2.39. The molecule has 2 aromatic heterocycles. The van der Waals surface area contributed by atoms with Crippen molar-refractivity contribution in [2.75, 3.05) is 19.7 Å². The fraction of sp³-hybridized carbons (Fsp3) is 0.429. The summed E-state index contributed by atoms with van der Waals surface area (Å²) >= 11 is 0. The molecule has 0 saturated heterocycles. The highest BCUT2D eigenvalue weighted by molar-refractivity contribution is 5.84. The molecular formula is C28H34N4O4. The van der Waals surface area contributed by atoms with Crippen molar-refractivity contribution in [3.63, 3.8) is 0 Å². The number of rotatable bonds is 6. The molecular weight excluding hydrogens is 456 g/mol. The summed E-state index contributed by atoms with van der Waals surface area (Å²) in [5, 5.41) is 4.65. The molecule has 4 rings (SSSR count). The first kappa shape index (κ1) is 25.4. The van der Waals surface area contributed by atoms with Crippen molar-refractivity contribution in [1.29, 1.82) is 0 Å². The maximum Gasteiger partial charge on any atom is 0.410 e. The van der Waals surface area contributed by atoms with Crippen molar-refractivity contribution >= 4 is 23.3 Å². The lowest BCUT2D eigenvalue weighted by Gasteiger charge is -2.29. The van der Waals surface area contributed by atoms with Crippen LogP contribution in [-0.2, 0) is 26.1 Å². The zero-order valence-corrected chi connectivity index (χ0v) is 21.7. The van der Waals surface area contributed by atoms with Gasteiger partial charge in [-0.1, -0.05) is 36.4 Å². The standard InChI is InChI=1S/C28H34N4O4/c1-6-35-25(33)28(5,18-20-10-8-7-9-11-20)23-12-15-29-24-22(19-30-32(23)24)21-13-16-31(17-14-21)26(34)36-27(2,3)4/h7-13,15,19H,6,14,16-18H2,1-5H3. The van der Waals surface area contributed by atoms with Gasteiger partial charge in [0.2, 0.25) is 0 Å². The number of hydrogen-bond donors (Lipinski definition) is 0. The molecule has 3 aromatic rings. The van der Waals surface area contributed by atoms with Crippen LogP contribution >= 0.6 is 0 Å². The van der Waals surface area contributed by atoms with Crippen LogP contribution in [0.1, 0.15) is 57.9 Å². The van der Waals surface area contributed by atoms with Crippen LogP contribution in [-0.4, -0.2) is 56.9 Å². The molecule has 0 bridgehead atoms. The molecule has 8 heteroatoms. The molecule has 1 unspecified atom stereocenters. The Hall–Kier alpha value is -3.68. The van der Waals surface area contributed by atoms with Crippen LogP contribution in [0.15, 0.2) is 54.9 Å². The van der Waals surface area contributed by atoms with Crippen LogP contribution in [0.4, 0.5) is 4.79 Å². The van der Waals surface area contributed by atoms with Crippen LogP contribution in [0, 0.1) is 0 Å². The quantitative estimate of drug-likeness (QED) is 0.461. The monoisotopic (exact) mass is 490 g/mol. The average molecular weight is 491 g/mol. The van der Waals surface area contributed by atoms with Crippen LogP contribution in [0.3, 0.4) is 0 Å². The Kier molecular flexibility index (Phi) is 7.15. The number of esters is 1. The minimum atomic E-state index is -0.962. The van der Waals surface area contributed by atoms with Gasteiger partial charge in [0.25, 0.3) is 0 Å². The second-order valence-electron chi connectivity index (χ2n) is 10.2. The van der Waals surface area contributed by atoms with Crippen molar-refractivity contribution in [3.8, 4) is 0 Å². The van der Waals surface area contributed by atoms with Crippen molar-refractivity contribution < 1.29 is 19.1 Å². The van der Waals surface area contributed by atoms with Gasteiger partial charge in [-0.2, -0.15) is 5.10 Å². The summed E-state index contributed by atoms with van der Waals surface area (Å²) in [4.78, 5) is 32.0. The molecule has 0 aliphatic carbocycles. The smallest absolute Gasteiger partial charge is 0.410 e. The Bertz CT molecular complexity index is 1280. The summed E-state index contributed by atoms with van der Waals surface area (Å²) in [5.41, 5.74) is 2.89. The molecule has 36 heavy (non-hydrogen) atoms. The molecule has 1 amide bonds. The largest absolute Gasteiger partial charge is 0.465 e. The highest BCUT2D eigenvalue weighted by atomic mass is 16.6. The summed E-state index contributed by atoms with van der Waals surface area (Å²) in [7, 11) is 0. The van der Waals surface area contributed by atoms with Gasteiger partial charge >= 0.3 is 12.1 Å². The van der Waals surface area contributed by atoms with Gasteiger partial charge in [-0.25, -0.2) is 14.3 Å². The molecule has 1 aliphatic rings. The van der Waals surface area contributed by atoms with Crippen LogP contribution in [0.2, 0.25) is 0 Å². The number of hydrogen-bond acceptors (Lipinski definition) is 6. The fourth-order valence-electron chi connectivity index (χ4n) is 4.50. The number of aromatic nitrogens is 3. The fourth-order valence-corrected chi connectivity index (χ4v) is 4.50. The predicted molar refractivity (Wildman–Crippen MR) is 138 cm³/mol. The molecule has 0 saturated carbocycles. The minimum absolute atomic E-state index is 0.294. The summed E-state index contributed by atoms with van der Waals surface area (Å²) < 4.78 is 12.8. The Morgan fingerprint density at radius 2 is 1.83 bits per heavy atom. The van der Waals surface area contributed by atoms with E-state index >= 15 is 0 Å². The van der Waals surface area contributed by atoms with Gasteiger partial charge in [0.1, 0.15) is 11.0 Å². The maximum atomic E-state index is 13.3. The third kappa shape index (κ3) is 5.27. The van der Waals surface area contributed by atoms with Crippen LogP contribution in [0.5, 0.6) is 0 Å². The van der Waals surface area contributed by atoms with Gasteiger partial charge in [-0.05, 0) is 64.7 Å². The lowest BCUT2D eigenvalue weighted by molar-refractivity contribution is -0.149. The Balaban J connectivity index is 1.67. The normalized spacial score (nSPS) is 15.8. The van der Waals surface area contributed by atoms with Crippen LogP contribution in [0.25, 0.3) is 11.2 Å². The lowest BCUT2D eigenvalue weighted by atomic mass is 9.80. The summed E-state index contributed by atoms with van der Waals surface area (Å²) in [6.45, 7) is 10.6. The molecule has 0 N–H and O–H groups in total. The Morgan fingerprint density at radius 1 is 1.08 bits per heavy atom. The summed E-state index contributed by atoms with van der Waals surface area (Å²) in [5.74, 6) is -0.303. The van der Waals surface area contributed by atoms with Crippen molar-refractivity contribution in [2.24, 2.45) is 0 Å². The Morgan fingerprint density at radius 3 is 2.47 bits per heavy atom. The first-order valence-corrected chi connectivity index (χ1v) is 12.3. The maximum absolute atomic E-state index is 13.3. The van der Waals surface area contributed by atoms with E-state index in [0.29, 0.717) is 43.9 Å². The predicted octanol–water partition coefficient (Wildman–Crippen LogP) is 4.82. The third-order valence-electron chi connectivity index (χ3n) is 6.30. The summed E-state index contributed by atoms with van der Waals surface area (Å²) in [6, 6.07) is 11.7. The zero-order valence-electron chi connectivity index (χ0n) is 21.7. The zero-order chi connectivity index (χ0) is 25.9. The number of fused-ring (bicyclic) bond motifs is 1. The van der Waals surface area contributed by atoms with Crippen molar-refractivity contribution in [1.82, 2.24) is 19.5 Å². The van der Waals surface area contributed by atoms with E-state index in [-0.39, 0.29) is 12.1 Å². The molecule has 0 fully saturated rings. The molecule has 1 aromatic carbocycles. The number of benzene rings is 1. The van der Waals surface area contributed by atoms with Crippen LogP contribution < -0.4 is 0 Å². The SMILES string of the molecule is CCOC(=O)C(C)(Cc1ccccc1)c1ccnc2c(C3=CCN(C(=O)OC(C)(C)C)CC3)cnn12. The molecule has 8 nitrogen and oxygen atoms in total. The number of carbonyl (C=O) groups excluding carboxylic acids is 2. The van der Waals surface area contributed by atoms with Gasteiger partial charge < -0.3 is 14.4 Å². The van der Waals surface area contributed by atoms with E-state index in [4.69, 9.17) is 9.47 Å². The molecule has 1 atom stereocenters. The number of amides is 1. The van der Waals surface area contributed by atoms with Gasteiger partial charge in [0, 0.05) is 24.8 Å². The van der Waals surface area contributed by atoms with E-state index in [1.54, 1.807) is 21.8 Å². The minimum Gasteiger partial charge on any atom is -0.465 e. The van der Waals surface area contributed by atoms with E-state index in [1.165, 1.54) is 0 Å². The Labute approximate surface area is 211 Å². The van der Waals surface area contributed by atoms with Gasteiger partial charge in [0.15, 0.2) is 5.65 Å². The highest BCUT2D eigenvalue weighted by Crippen LogP contribution is 2.32. The summed E-state index contributed by atoms with van der Waals surface area (Å²) in [6.07, 6.45) is 6.33. The molecule has 1 aliphatic heterocycles. The van der Waals surface area contributed by atoms with E-state index < -0.39 is 11.0 Å². The molecule has 0 spiro atoms. The highest BCUT2D eigenvalue weighted by Gasteiger charge is 2.40. The number of ether oxygens (including phenoxy) is 2. The average Bonchev–Trinajstić information content (AvgIpc) is 3.28. The molecule has 3 heterocycles. The number of carbonyl (C=O) groups is 2. The van der Waals surface area contributed by atoms with Crippen molar-refractivity contribution in [3.05, 3.63) is 71.7 Å². The van der Waals surface area contributed by atoms with E-state index in [2.05, 4.69) is 10.1 Å². The first-order valence-electron chi connectivity index (χ1n) is 12.3. The van der Waals surface area contributed by atoms with Gasteiger partial charge in [-0.3, -0.25) is 4.79 Å². The topological polar surface area (TPSA) is 86.0 Å². The molecule has 190 valence electrons. The second-order valence-corrected chi connectivity index (χ2v) is 10.2. The van der Waals surface area contributed by atoms with Crippen molar-refractivity contribution in [2.45, 2.75) is 58.5 Å². The van der Waals surface area contributed by atoms with E-state index in [1.807, 2.05) is 77.1 Å².